The van der Waals surface area contributed by atoms with Crippen LogP contribution in [0.5, 0.6) is 0 Å². The Hall–Kier alpha value is -2.10. The second kappa shape index (κ2) is 4.05. The molecular formula is C7H3BrFN5O3. The third-order valence-corrected chi connectivity index (χ3v) is 2.55. The molecule has 1 aromatic carbocycles. The summed E-state index contributed by atoms with van der Waals surface area (Å²) in [6.45, 7) is 0. The van der Waals surface area contributed by atoms with Crippen LogP contribution in [0.2, 0.25) is 0 Å². The van der Waals surface area contributed by atoms with Gasteiger partial charge in [0, 0.05) is 10.5 Å². The van der Waals surface area contributed by atoms with Gasteiger partial charge in [-0.25, -0.2) is 9.89 Å². The highest BCUT2D eigenvalue weighted by Crippen LogP contribution is 2.27. The lowest BCUT2D eigenvalue weighted by Gasteiger charge is -2.02. The van der Waals surface area contributed by atoms with Crippen molar-refractivity contribution in [3.8, 4) is 5.69 Å². The average Bonchev–Trinajstić information content (AvgIpc) is 2.64. The van der Waals surface area contributed by atoms with E-state index >= 15 is 0 Å². The van der Waals surface area contributed by atoms with Gasteiger partial charge in [-0.15, -0.1) is 0 Å². The number of aromatic amines is 1. The average molecular weight is 304 g/mol. The number of hydrogen-bond acceptors (Lipinski definition) is 5. The molecule has 1 N–H and O–H groups in total. The molecule has 17 heavy (non-hydrogen) atoms. The van der Waals surface area contributed by atoms with E-state index in [1.165, 1.54) is 0 Å². The van der Waals surface area contributed by atoms with E-state index < -0.39 is 22.1 Å². The number of nitrogens with zero attached hydrogens (tertiary/aromatic N) is 4. The van der Waals surface area contributed by atoms with E-state index in [-0.39, 0.29) is 10.2 Å². The smallest absolute Gasteiger partial charge is 0.258 e. The fourth-order valence-electron chi connectivity index (χ4n) is 1.18. The summed E-state index contributed by atoms with van der Waals surface area (Å²) in [6.07, 6.45) is 0. The predicted octanol–water partition coefficient (Wildman–Crippen LogP) is 0.765. The van der Waals surface area contributed by atoms with E-state index in [2.05, 4.69) is 26.4 Å². The minimum absolute atomic E-state index is 0.0249. The number of H-pyrrole nitrogens is 1. The molecule has 0 amide bonds. The Morgan fingerprint density at radius 2 is 2.24 bits per heavy atom. The van der Waals surface area contributed by atoms with Crippen LogP contribution in [0.3, 0.4) is 0 Å². The topological polar surface area (TPSA) is 107 Å². The monoisotopic (exact) mass is 303 g/mol. The van der Waals surface area contributed by atoms with Crippen molar-refractivity contribution in [3.05, 3.63) is 43.0 Å². The van der Waals surface area contributed by atoms with Crippen LogP contribution in [0, 0.1) is 15.9 Å². The van der Waals surface area contributed by atoms with Crippen molar-refractivity contribution >= 4 is 21.6 Å². The number of hydrogen-bond donors (Lipinski definition) is 1. The van der Waals surface area contributed by atoms with Crippen molar-refractivity contribution in [2.75, 3.05) is 0 Å². The normalized spacial score (nSPS) is 10.5. The van der Waals surface area contributed by atoms with E-state index in [9.17, 15) is 19.3 Å². The highest BCUT2D eigenvalue weighted by Gasteiger charge is 2.19. The van der Waals surface area contributed by atoms with Gasteiger partial charge in [0.25, 0.3) is 0 Å². The van der Waals surface area contributed by atoms with Gasteiger partial charge < -0.3 is 0 Å². The Balaban J connectivity index is 2.71. The van der Waals surface area contributed by atoms with Gasteiger partial charge >= 0.3 is 11.4 Å². The molecule has 0 unspecified atom stereocenters. The summed E-state index contributed by atoms with van der Waals surface area (Å²) in [4.78, 5) is 20.9. The number of nitro groups is 1. The highest BCUT2D eigenvalue weighted by atomic mass is 79.9. The van der Waals surface area contributed by atoms with Gasteiger partial charge in [-0.3, -0.25) is 10.1 Å². The SMILES string of the molecule is O=c1[nH]nnn1-c1cc([N+](=O)[O-])c(F)cc1Br. The molecule has 2 aromatic rings. The Morgan fingerprint density at radius 3 is 2.76 bits per heavy atom. The van der Waals surface area contributed by atoms with Gasteiger partial charge in [-0.05, 0) is 32.4 Å². The summed E-state index contributed by atoms with van der Waals surface area (Å²) in [5.41, 5.74) is -1.42. The standard InChI is InChI=1S/C7H3BrFN5O3/c8-3-1-4(9)6(14(16)17)2-5(3)13-7(15)10-11-12-13/h1-2H,(H,10,12,15). The van der Waals surface area contributed by atoms with Crippen molar-refractivity contribution < 1.29 is 9.31 Å². The minimum atomic E-state index is -1.01. The molecule has 0 fully saturated rings. The van der Waals surface area contributed by atoms with Crippen molar-refractivity contribution in [3.63, 3.8) is 0 Å². The molecule has 0 bridgehead atoms. The first kappa shape index (κ1) is 11.4. The van der Waals surface area contributed by atoms with Crippen LogP contribution in [0.25, 0.3) is 5.69 Å². The molecule has 1 aromatic heterocycles. The largest absolute Gasteiger partial charge is 0.365 e. The van der Waals surface area contributed by atoms with E-state index in [0.717, 1.165) is 16.8 Å². The number of benzene rings is 1. The summed E-state index contributed by atoms with van der Waals surface area (Å²) in [5.74, 6) is -1.01. The van der Waals surface area contributed by atoms with E-state index in [0.29, 0.717) is 0 Å². The number of tetrazole rings is 1. The number of halogens is 2. The first-order valence-corrected chi connectivity index (χ1v) is 4.94. The minimum Gasteiger partial charge on any atom is -0.258 e. The van der Waals surface area contributed by atoms with Crippen LogP contribution < -0.4 is 5.69 Å². The zero-order chi connectivity index (χ0) is 12.6. The number of aromatic nitrogens is 4. The fourth-order valence-corrected chi connectivity index (χ4v) is 1.67. The molecule has 0 saturated carbocycles. The van der Waals surface area contributed by atoms with Crippen molar-refractivity contribution in [1.29, 1.82) is 0 Å². The Bertz CT molecular complexity index is 651. The predicted molar refractivity (Wildman–Crippen MR) is 56.3 cm³/mol. The number of nitro benzene ring substituents is 1. The number of nitrogens with one attached hydrogen (secondary N) is 1. The molecule has 1 heterocycles. The Labute approximate surface area is 100 Å². The van der Waals surface area contributed by atoms with Crippen LogP contribution in [-0.2, 0) is 0 Å². The third kappa shape index (κ3) is 1.93. The van der Waals surface area contributed by atoms with Crippen LogP contribution in [0.15, 0.2) is 21.4 Å². The Morgan fingerprint density at radius 1 is 1.53 bits per heavy atom. The summed E-state index contributed by atoms with van der Waals surface area (Å²) in [5, 5.41) is 19.2. The van der Waals surface area contributed by atoms with Gasteiger partial charge in [0.05, 0.1) is 10.6 Å². The zero-order valence-electron chi connectivity index (χ0n) is 7.92. The maximum atomic E-state index is 13.2. The molecule has 0 aliphatic carbocycles. The second-order valence-corrected chi connectivity index (χ2v) is 3.78. The summed E-state index contributed by atoms with van der Waals surface area (Å²) in [7, 11) is 0. The Kier molecular flexibility index (Phi) is 2.71. The first-order chi connectivity index (χ1) is 8.00. The second-order valence-electron chi connectivity index (χ2n) is 2.93. The lowest BCUT2D eigenvalue weighted by molar-refractivity contribution is -0.387. The third-order valence-electron chi connectivity index (χ3n) is 1.91. The van der Waals surface area contributed by atoms with Crippen LogP contribution in [0.1, 0.15) is 0 Å². The van der Waals surface area contributed by atoms with Crippen molar-refractivity contribution in [2.24, 2.45) is 0 Å². The summed E-state index contributed by atoms with van der Waals surface area (Å²) < 4.78 is 14.1. The molecule has 0 atom stereocenters. The van der Waals surface area contributed by atoms with E-state index in [1.807, 2.05) is 5.10 Å². The first-order valence-electron chi connectivity index (χ1n) is 4.15. The van der Waals surface area contributed by atoms with E-state index in [1.54, 1.807) is 0 Å². The lowest BCUT2D eigenvalue weighted by Crippen LogP contribution is -2.16. The van der Waals surface area contributed by atoms with Crippen molar-refractivity contribution in [2.45, 2.75) is 0 Å². The molecular weight excluding hydrogens is 301 g/mol. The van der Waals surface area contributed by atoms with Gasteiger partial charge in [-0.1, -0.05) is 0 Å². The number of rotatable bonds is 2. The van der Waals surface area contributed by atoms with Crippen LogP contribution >= 0.6 is 15.9 Å². The molecule has 0 saturated heterocycles. The maximum Gasteiger partial charge on any atom is 0.365 e. The molecule has 0 radical (unpaired) electrons. The summed E-state index contributed by atoms with van der Waals surface area (Å²) >= 11 is 2.98. The quantitative estimate of drug-likeness (QED) is 0.651. The van der Waals surface area contributed by atoms with Gasteiger partial charge in [0.2, 0.25) is 5.82 Å². The van der Waals surface area contributed by atoms with Crippen molar-refractivity contribution in [1.82, 2.24) is 20.2 Å². The molecule has 2 rings (SSSR count). The fraction of sp³-hybridized carbons (Fsp3) is 0. The molecule has 88 valence electrons. The molecule has 0 spiro atoms. The summed E-state index contributed by atoms with van der Waals surface area (Å²) in [6, 6.07) is 1.78. The van der Waals surface area contributed by atoms with Gasteiger partial charge in [0.15, 0.2) is 0 Å². The molecule has 0 aliphatic heterocycles. The van der Waals surface area contributed by atoms with Gasteiger partial charge in [-0.2, -0.15) is 9.07 Å². The highest BCUT2D eigenvalue weighted by molar-refractivity contribution is 9.10. The molecule has 10 heteroatoms. The zero-order valence-corrected chi connectivity index (χ0v) is 9.51. The lowest BCUT2D eigenvalue weighted by atomic mass is 10.2. The molecule has 0 aliphatic rings. The molecule has 8 nitrogen and oxygen atoms in total. The van der Waals surface area contributed by atoms with Crippen LogP contribution in [0.4, 0.5) is 10.1 Å². The van der Waals surface area contributed by atoms with E-state index in [4.69, 9.17) is 0 Å². The maximum absolute atomic E-state index is 13.2. The van der Waals surface area contributed by atoms with Gasteiger partial charge in [0.1, 0.15) is 0 Å². The van der Waals surface area contributed by atoms with Crippen LogP contribution in [-0.4, -0.2) is 25.1 Å².